The van der Waals surface area contributed by atoms with Crippen molar-refractivity contribution in [2.75, 3.05) is 4.90 Å². The molecule has 0 N–H and O–H groups in total. The number of carbonyl (C=O) groups is 2. The van der Waals surface area contributed by atoms with Crippen LogP contribution in [0.3, 0.4) is 0 Å². The van der Waals surface area contributed by atoms with Gasteiger partial charge in [0.1, 0.15) is 0 Å². The van der Waals surface area contributed by atoms with Crippen LogP contribution in [0.15, 0.2) is 72.8 Å². The van der Waals surface area contributed by atoms with Crippen LogP contribution in [0.25, 0.3) is 0 Å². The van der Waals surface area contributed by atoms with Crippen LogP contribution < -0.4 is 4.90 Å². The Hall–Kier alpha value is -3.20. The minimum absolute atomic E-state index is 0.0640. The summed E-state index contributed by atoms with van der Waals surface area (Å²) in [5.74, 6) is -0.920. The number of hydrogen-bond acceptors (Lipinski definition) is 2. The standard InChI is InChI=1S/C26H21NO2/c1-15-8-7-9-16(14-15)27-24(28)22-21-17-10-3-5-12-19(17)26(2,23(22)25(27)29)20-13-6-4-11-18(20)21/h3-14,21-23H,1-2H3/t21?,22-,23-,26?/m0/s1. The first-order valence-corrected chi connectivity index (χ1v) is 10.2. The number of carbonyl (C=O) groups excluding carboxylic acids is 2. The second-order valence-corrected chi connectivity index (χ2v) is 8.71. The van der Waals surface area contributed by atoms with Gasteiger partial charge in [0, 0.05) is 11.3 Å². The number of nitrogens with zero attached hydrogens (tertiary/aromatic N) is 1. The molecule has 29 heavy (non-hydrogen) atoms. The zero-order valence-electron chi connectivity index (χ0n) is 16.4. The highest BCUT2D eigenvalue weighted by Gasteiger charge is 2.66. The summed E-state index contributed by atoms with van der Waals surface area (Å²) in [6.07, 6.45) is 0. The lowest BCUT2D eigenvalue weighted by molar-refractivity contribution is -0.123. The van der Waals surface area contributed by atoms with Gasteiger partial charge in [-0.05, 0) is 46.9 Å². The minimum Gasteiger partial charge on any atom is -0.274 e. The maximum Gasteiger partial charge on any atom is 0.238 e. The molecular formula is C26H21NO2. The molecule has 4 aliphatic rings. The third-order valence-electron chi connectivity index (χ3n) is 7.30. The fourth-order valence-corrected chi connectivity index (χ4v) is 6.17. The summed E-state index contributed by atoms with van der Waals surface area (Å²) in [5, 5.41) is 0. The van der Waals surface area contributed by atoms with E-state index in [1.807, 2.05) is 55.5 Å². The van der Waals surface area contributed by atoms with E-state index in [1.165, 1.54) is 27.2 Å². The molecular weight excluding hydrogens is 358 g/mol. The van der Waals surface area contributed by atoms with E-state index in [1.54, 1.807) is 0 Å². The maximum atomic E-state index is 13.8. The summed E-state index contributed by atoms with van der Waals surface area (Å²) in [4.78, 5) is 29.0. The van der Waals surface area contributed by atoms with Gasteiger partial charge in [-0.15, -0.1) is 0 Å². The fraction of sp³-hybridized carbons (Fsp3) is 0.231. The number of anilines is 1. The topological polar surface area (TPSA) is 37.4 Å². The molecule has 3 aliphatic carbocycles. The lowest BCUT2D eigenvalue weighted by Crippen LogP contribution is -2.51. The van der Waals surface area contributed by atoms with Crippen LogP contribution in [-0.4, -0.2) is 11.8 Å². The predicted molar refractivity (Wildman–Crippen MR) is 112 cm³/mol. The molecule has 1 saturated heterocycles. The molecule has 1 fully saturated rings. The van der Waals surface area contributed by atoms with Crippen LogP contribution in [0.4, 0.5) is 5.69 Å². The quantitative estimate of drug-likeness (QED) is 0.581. The summed E-state index contributed by atoms with van der Waals surface area (Å²) < 4.78 is 0. The molecule has 0 spiro atoms. The van der Waals surface area contributed by atoms with E-state index in [0.29, 0.717) is 5.69 Å². The minimum atomic E-state index is -0.502. The molecule has 2 bridgehead atoms. The van der Waals surface area contributed by atoms with Gasteiger partial charge in [0.05, 0.1) is 17.5 Å². The van der Waals surface area contributed by atoms with Crippen LogP contribution in [0, 0.1) is 18.8 Å². The van der Waals surface area contributed by atoms with Gasteiger partial charge >= 0.3 is 0 Å². The van der Waals surface area contributed by atoms with Crippen molar-refractivity contribution in [2.45, 2.75) is 25.2 Å². The van der Waals surface area contributed by atoms with E-state index >= 15 is 0 Å². The smallest absolute Gasteiger partial charge is 0.238 e. The van der Waals surface area contributed by atoms with Gasteiger partial charge in [0.15, 0.2) is 0 Å². The van der Waals surface area contributed by atoms with Gasteiger partial charge in [0.2, 0.25) is 11.8 Å². The molecule has 3 heteroatoms. The molecule has 7 rings (SSSR count). The summed E-state index contributed by atoms with van der Waals surface area (Å²) in [6.45, 7) is 4.14. The van der Waals surface area contributed by atoms with Crippen LogP contribution in [0.2, 0.25) is 0 Å². The van der Waals surface area contributed by atoms with Gasteiger partial charge in [-0.2, -0.15) is 0 Å². The number of aryl methyl sites for hydroxylation is 1. The molecule has 0 unspecified atom stereocenters. The Morgan fingerprint density at radius 1 is 0.793 bits per heavy atom. The van der Waals surface area contributed by atoms with Crippen LogP contribution in [0.5, 0.6) is 0 Å². The molecule has 0 aromatic heterocycles. The number of amides is 2. The fourth-order valence-electron chi connectivity index (χ4n) is 6.17. The monoisotopic (exact) mass is 379 g/mol. The highest BCUT2D eigenvalue weighted by Crippen LogP contribution is 2.64. The zero-order chi connectivity index (χ0) is 19.9. The number of hydrogen-bond donors (Lipinski definition) is 0. The molecule has 0 radical (unpaired) electrons. The van der Waals surface area contributed by atoms with Gasteiger partial charge in [-0.25, -0.2) is 4.90 Å². The Kier molecular flexibility index (Phi) is 3.14. The molecule has 3 nitrogen and oxygen atoms in total. The molecule has 2 atom stereocenters. The normalized spacial score (nSPS) is 28.9. The summed E-state index contributed by atoms with van der Waals surface area (Å²) in [6, 6.07) is 24.4. The summed E-state index contributed by atoms with van der Waals surface area (Å²) in [7, 11) is 0. The van der Waals surface area contributed by atoms with Crippen molar-refractivity contribution in [1.82, 2.24) is 0 Å². The molecule has 2 amide bonds. The first kappa shape index (κ1) is 16.7. The van der Waals surface area contributed by atoms with Crippen molar-refractivity contribution in [3.63, 3.8) is 0 Å². The SMILES string of the molecule is Cc1cccc(N2C(=O)[C@@H]3[C@@H](C2=O)C2c4ccccc4C3(C)c3ccccc32)c1. The molecule has 1 aliphatic heterocycles. The first-order chi connectivity index (χ1) is 14.0. The Morgan fingerprint density at radius 3 is 2.03 bits per heavy atom. The van der Waals surface area contributed by atoms with E-state index in [0.717, 1.165) is 5.56 Å². The largest absolute Gasteiger partial charge is 0.274 e. The molecule has 3 aromatic rings. The van der Waals surface area contributed by atoms with Gasteiger partial charge in [0.25, 0.3) is 0 Å². The Labute approximate surface area is 170 Å². The van der Waals surface area contributed by atoms with Crippen LogP contribution in [0.1, 0.15) is 40.7 Å². The van der Waals surface area contributed by atoms with E-state index in [4.69, 9.17) is 0 Å². The van der Waals surface area contributed by atoms with Crippen molar-refractivity contribution < 1.29 is 9.59 Å². The van der Waals surface area contributed by atoms with Crippen LogP contribution >= 0.6 is 0 Å². The second-order valence-electron chi connectivity index (χ2n) is 8.71. The van der Waals surface area contributed by atoms with Crippen molar-refractivity contribution in [2.24, 2.45) is 11.8 Å². The number of benzene rings is 3. The van der Waals surface area contributed by atoms with Gasteiger partial charge in [-0.1, -0.05) is 67.6 Å². The summed E-state index contributed by atoms with van der Waals surface area (Å²) >= 11 is 0. The third-order valence-corrected chi connectivity index (χ3v) is 7.30. The Morgan fingerprint density at radius 2 is 1.41 bits per heavy atom. The van der Waals surface area contributed by atoms with Crippen molar-refractivity contribution in [1.29, 1.82) is 0 Å². The van der Waals surface area contributed by atoms with Crippen molar-refractivity contribution in [3.05, 3.63) is 101 Å². The molecule has 3 aromatic carbocycles. The van der Waals surface area contributed by atoms with Gasteiger partial charge in [-0.3, -0.25) is 9.59 Å². The lowest BCUT2D eigenvalue weighted by atomic mass is 9.48. The average Bonchev–Trinajstić information content (AvgIpc) is 3.00. The van der Waals surface area contributed by atoms with E-state index in [9.17, 15) is 9.59 Å². The Balaban J connectivity index is 1.63. The van der Waals surface area contributed by atoms with E-state index in [-0.39, 0.29) is 29.6 Å². The third kappa shape index (κ3) is 1.88. The average molecular weight is 379 g/mol. The van der Waals surface area contributed by atoms with Crippen LogP contribution in [-0.2, 0) is 15.0 Å². The second kappa shape index (κ2) is 5.44. The maximum absolute atomic E-state index is 13.8. The first-order valence-electron chi connectivity index (χ1n) is 10.2. The molecule has 1 heterocycles. The number of imide groups is 1. The highest BCUT2D eigenvalue weighted by atomic mass is 16.2. The lowest BCUT2D eigenvalue weighted by Gasteiger charge is -2.52. The zero-order valence-corrected chi connectivity index (χ0v) is 16.4. The number of rotatable bonds is 1. The highest BCUT2D eigenvalue weighted by molar-refractivity contribution is 6.23. The molecule has 0 saturated carbocycles. The summed E-state index contributed by atoms with van der Waals surface area (Å²) in [5.41, 5.74) is 6.00. The van der Waals surface area contributed by atoms with Crippen molar-refractivity contribution in [3.8, 4) is 0 Å². The van der Waals surface area contributed by atoms with E-state index < -0.39 is 5.41 Å². The predicted octanol–water partition coefficient (Wildman–Crippen LogP) is 4.57. The van der Waals surface area contributed by atoms with Crippen molar-refractivity contribution >= 4 is 17.5 Å². The molecule has 142 valence electrons. The van der Waals surface area contributed by atoms with E-state index in [2.05, 4.69) is 31.2 Å². The van der Waals surface area contributed by atoms with Gasteiger partial charge < -0.3 is 0 Å². The Bertz CT molecular complexity index is 1160.